The molecule has 0 aliphatic carbocycles. The topological polar surface area (TPSA) is 20.3 Å². The highest BCUT2D eigenvalue weighted by molar-refractivity contribution is 5.83. The lowest BCUT2D eigenvalue weighted by Crippen LogP contribution is -2.38. The van der Waals surface area contributed by atoms with Gasteiger partial charge in [-0.1, -0.05) is 51.1 Å². The number of carbonyl (C=O) groups excluding carboxylic acids is 1. The molecule has 1 unspecified atom stereocenters. The van der Waals surface area contributed by atoms with E-state index in [9.17, 15) is 4.79 Å². The first-order valence-electron chi connectivity index (χ1n) is 6.26. The molecule has 2 rings (SSSR count). The fraction of sp³-hybridized carbons (Fsp3) is 0.533. The van der Waals surface area contributed by atoms with Crippen molar-refractivity contribution in [2.75, 3.05) is 6.54 Å². The van der Waals surface area contributed by atoms with Crippen LogP contribution in [0.25, 0.3) is 0 Å². The number of ketones is 1. The standard InChI is InChI=1S/C15H21NO/c1-15(2,3)14-9-13(17)11-16(14)10-12-7-5-4-6-8-12/h4-8,14H,9-11H2,1-3H3. The van der Waals surface area contributed by atoms with Crippen molar-refractivity contribution in [3.8, 4) is 0 Å². The van der Waals surface area contributed by atoms with Gasteiger partial charge in [0.2, 0.25) is 0 Å². The molecular formula is C15H21NO. The number of Topliss-reactive ketones (excluding diaryl/α,β-unsaturated/α-hetero) is 1. The lowest BCUT2D eigenvalue weighted by molar-refractivity contribution is -0.117. The van der Waals surface area contributed by atoms with Gasteiger partial charge >= 0.3 is 0 Å². The van der Waals surface area contributed by atoms with Crippen LogP contribution >= 0.6 is 0 Å². The average Bonchev–Trinajstić information content (AvgIpc) is 2.60. The quantitative estimate of drug-likeness (QED) is 0.780. The van der Waals surface area contributed by atoms with Crippen molar-refractivity contribution in [1.29, 1.82) is 0 Å². The lowest BCUT2D eigenvalue weighted by atomic mass is 9.85. The Bertz CT molecular complexity index is 391. The normalized spacial score (nSPS) is 22.1. The third-order valence-electron chi connectivity index (χ3n) is 3.47. The fourth-order valence-electron chi connectivity index (χ4n) is 2.58. The van der Waals surface area contributed by atoms with Crippen molar-refractivity contribution in [3.63, 3.8) is 0 Å². The second-order valence-corrected chi connectivity index (χ2v) is 6.02. The van der Waals surface area contributed by atoms with E-state index >= 15 is 0 Å². The van der Waals surface area contributed by atoms with E-state index in [2.05, 4.69) is 49.9 Å². The molecule has 1 saturated heterocycles. The predicted molar refractivity (Wildman–Crippen MR) is 69.7 cm³/mol. The molecule has 17 heavy (non-hydrogen) atoms. The van der Waals surface area contributed by atoms with Crippen molar-refractivity contribution in [2.45, 2.75) is 39.8 Å². The molecule has 0 amide bonds. The highest BCUT2D eigenvalue weighted by Gasteiger charge is 2.37. The Hall–Kier alpha value is -1.15. The fourth-order valence-corrected chi connectivity index (χ4v) is 2.58. The molecule has 0 saturated carbocycles. The van der Waals surface area contributed by atoms with Gasteiger partial charge in [-0.3, -0.25) is 9.69 Å². The Balaban J connectivity index is 2.12. The monoisotopic (exact) mass is 231 g/mol. The maximum atomic E-state index is 11.7. The Morgan fingerprint density at radius 3 is 2.47 bits per heavy atom. The molecule has 2 nitrogen and oxygen atoms in total. The van der Waals surface area contributed by atoms with Gasteiger partial charge in [-0.05, 0) is 11.0 Å². The van der Waals surface area contributed by atoms with Crippen molar-refractivity contribution >= 4 is 5.78 Å². The van der Waals surface area contributed by atoms with Gasteiger partial charge in [-0.25, -0.2) is 0 Å². The SMILES string of the molecule is CC(C)(C)C1CC(=O)CN1Cc1ccccc1. The van der Waals surface area contributed by atoms with Crippen LogP contribution < -0.4 is 0 Å². The summed E-state index contributed by atoms with van der Waals surface area (Å²) in [6.45, 7) is 8.14. The minimum absolute atomic E-state index is 0.168. The van der Waals surface area contributed by atoms with Crippen LogP contribution in [0.2, 0.25) is 0 Å². The van der Waals surface area contributed by atoms with Gasteiger partial charge in [0.1, 0.15) is 5.78 Å². The second-order valence-electron chi connectivity index (χ2n) is 6.02. The highest BCUT2D eigenvalue weighted by Crippen LogP contribution is 2.32. The molecule has 0 bridgehead atoms. The Kier molecular flexibility index (Phi) is 3.34. The number of rotatable bonds is 2. The van der Waals surface area contributed by atoms with E-state index < -0.39 is 0 Å². The summed E-state index contributed by atoms with van der Waals surface area (Å²) in [6, 6.07) is 10.8. The van der Waals surface area contributed by atoms with Gasteiger partial charge in [-0.15, -0.1) is 0 Å². The van der Waals surface area contributed by atoms with E-state index in [0.717, 1.165) is 6.54 Å². The number of hydrogen-bond donors (Lipinski definition) is 0. The van der Waals surface area contributed by atoms with Crippen LogP contribution in [0.15, 0.2) is 30.3 Å². The Labute approximate surface area is 104 Å². The first kappa shape index (κ1) is 12.3. The van der Waals surface area contributed by atoms with Crippen LogP contribution in [-0.2, 0) is 11.3 Å². The predicted octanol–water partition coefficient (Wildman–Crippen LogP) is 2.88. The average molecular weight is 231 g/mol. The zero-order valence-corrected chi connectivity index (χ0v) is 10.9. The van der Waals surface area contributed by atoms with Gasteiger partial charge in [0, 0.05) is 19.0 Å². The Morgan fingerprint density at radius 2 is 1.88 bits per heavy atom. The third kappa shape index (κ3) is 2.95. The number of nitrogens with zero attached hydrogens (tertiary/aromatic N) is 1. The zero-order valence-electron chi connectivity index (χ0n) is 10.9. The summed E-state index contributed by atoms with van der Waals surface area (Å²) < 4.78 is 0. The minimum atomic E-state index is 0.168. The van der Waals surface area contributed by atoms with Crippen LogP contribution in [0.5, 0.6) is 0 Å². The summed E-state index contributed by atoms with van der Waals surface area (Å²) in [4.78, 5) is 14.0. The summed E-state index contributed by atoms with van der Waals surface area (Å²) in [5.74, 6) is 0.376. The van der Waals surface area contributed by atoms with Crippen LogP contribution in [0.1, 0.15) is 32.8 Å². The molecule has 1 fully saturated rings. The summed E-state index contributed by atoms with van der Waals surface area (Å²) in [5, 5.41) is 0. The number of benzene rings is 1. The van der Waals surface area contributed by atoms with E-state index in [1.165, 1.54) is 5.56 Å². The van der Waals surface area contributed by atoms with Gasteiger partial charge in [0.25, 0.3) is 0 Å². The first-order valence-corrected chi connectivity index (χ1v) is 6.26. The minimum Gasteiger partial charge on any atom is -0.298 e. The summed E-state index contributed by atoms with van der Waals surface area (Å²) in [5.41, 5.74) is 1.46. The van der Waals surface area contributed by atoms with Crippen LogP contribution in [0.4, 0.5) is 0 Å². The van der Waals surface area contributed by atoms with Crippen molar-refractivity contribution in [1.82, 2.24) is 4.90 Å². The molecule has 1 atom stereocenters. The molecule has 1 aromatic rings. The van der Waals surface area contributed by atoms with E-state index in [4.69, 9.17) is 0 Å². The van der Waals surface area contributed by atoms with Crippen molar-refractivity contribution < 1.29 is 4.79 Å². The summed E-state index contributed by atoms with van der Waals surface area (Å²) in [6.07, 6.45) is 0.705. The Morgan fingerprint density at radius 1 is 1.24 bits per heavy atom. The third-order valence-corrected chi connectivity index (χ3v) is 3.47. The number of hydrogen-bond acceptors (Lipinski definition) is 2. The first-order chi connectivity index (χ1) is 7.97. The molecule has 0 aromatic heterocycles. The van der Waals surface area contributed by atoms with Gasteiger partial charge < -0.3 is 0 Å². The second kappa shape index (κ2) is 4.61. The lowest BCUT2D eigenvalue weighted by Gasteiger charge is -2.34. The highest BCUT2D eigenvalue weighted by atomic mass is 16.1. The van der Waals surface area contributed by atoms with Crippen LogP contribution in [0.3, 0.4) is 0 Å². The molecule has 0 N–H and O–H groups in total. The van der Waals surface area contributed by atoms with Gasteiger partial charge in [0.15, 0.2) is 0 Å². The van der Waals surface area contributed by atoms with Crippen molar-refractivity contribution in [3.05, 3.63) is 35.9 Å². The molecule has 1 aliphatic rings. The molecular weight excluding hydrogens is 210 g/mol. The summed E-state index contributed by atoms with van der Waals surface area (Å²) in [7, 11) is 0. The van der Waals surface area contributed by atoms with E-state index in [0.29, 0.717) is 24.8 Å². The molecule has 92 valence electrons. The molecule has 0 spiro atoms. The molecule has 2 heteroatoms. The molecule has 1 aromatic carbocycles. The maximum Gasteiger partial charge on any atom is 0.148 e. The molecule has 0 radical (unpaired) electrons. The number of likely N-dealkylation sites (tertiary alicyclic amines) is 1. The maximum absolute atomic E-state index is 11.7. The van der Waals surface area contributed by atoms with Crippen LogP contribution in [-0.4, -0.2) is 23.3 Å². The van der Waals surface area contributed by atoms with Gasteiger partial charge in [0.05, 0.1) is 6.54 Å². The molecule has 1 aliphatic heterocycles. The number of carbonyl (C=O) groups is 1. The van der Waals surface area contributed by atoms with E-state index in [1.54, 1.807) is 0 Å². The van der Waals surface area contributed by atoms with Gasteiger partial charge in [-0.2, -0.15) is 0 Å². The van der Waals surface area contributed by atoms with E-state index in [-0.39, 0.29) is 5.41 Å². The van der Waals surface area contributed by atoms with E-state index in [1.807, 2.05) is 6.07 Å². The van der Waals surface area contributed by atoms with Crippen LogP contribution in [0, 0.1) is 5.41 Å². The summed E-state index contributed by atoms with van der Waals surface area (Å²) >= 11 is 0. The zero-order chi connectivity index (χ0) is 12.5. The molecule has 1 heterocycles. The smallest absolute Gasteiger partial charge is 0.148 e. The van der Waals surface area contributed by atoms with Crippen molar-refractivity contribution in [2.24, 2.45) is 5.41 Å². The largest absolute Gasteiger partial charge is 0.298 e.